The lowest BCUT2D eigenvalue weighted by molar-refractivity contribution is -0.129. The third kappa shape index (κ3) is 7.37. The van der Waals surface area contributed by atoms with Crippen molar-refractivity contribution < 1.29 is 27.5 Å². The molecule has 0 bridgehead atoms. The molecule has 1 saturated heterocycles. The molecule has 160 valence electrons. The van der Waals surface area contributed by atoms with Crippen LogP contribution in [-0.2, 0) is 25.9 Å². The SMILES string of the molecule is CC(C)NC(=O)NCc1ccc(C(=O)O[C@H](C)C(=O)N[C@@H]2CCS(=O)(=O)C2)cc1. The Morgan fingerprint density at radius 3 is 2.34 bits per heavy atom. The van der Waals surface area contributed by atoms with E-state index in [0.29, 0.717) is 13.0 Å². The van der Waals surface area contributed by atoms with Gasteiger partial charge in [-0.2, -0.15) is 0 Å². The number of benzene rings is 1. The third-order valence-electron chi connectivity index (χ3n) is 4.29. The van der Waals surface area contributed by atoms with Gasteiger partial charge in [-0.1, -0.05) is 12.1 Å². The second kappa shape index (κ2) is 9.73. The number of sulfone groups is 1. The lowest BCUT2D eigenvalue weighted by Crippen LogP contribution is -2.42. The van der Waals surface area contributed by atoms with Gasteiger partial charge in [-0.05, 0) is 44.9 Å². The van der Waals surface area contributed by atoms with Crippen LogP contribution in [0.1, 0.15) is 43.1 Å². The van der Waals surface area contributed by atoms with Crippen LogP contribution in [0.4, 0.5) is 4.79 Å². The molecule has 2 atom stereocenters. The van der Waals surface area contributed by atoms with Crippen molar-refractivity contribution in [3.8, 4) is 0 Å². The molecule has 3 amide bonds. The highest BCUT2D eigenvalue weighted by molar-refractivity contribution is 7.91. The van der Waals surface area contributed by atoms with Crippen molar-refractivity contribution in [3.05, 3.63) is 35.4 Å². The van der Waals surface area contributed by atoms with E-state index < -0.39 is 33.9 Å². The number of esters is 1. The molecule has 1 fully saturated rings. The number of carbonyl (C=O) groups is 3. The Hall–Kier alpha value is -2.62. The summed E-state index contributed by atoms with van der Waals surface area (Å²) in [5, 5.41) is 8.01. The van der Waals surface area contributed by atoms with E-state index in [1.54, 1.807) is 24.3 Å². The quantitative estimate of drug-likeness (QED) is 0.553. The first-order valence-corrected chi connectivity index (χ1v) is 11.2. The summed E-state index contributed by atoms with van der Waals surface area (Å²) >= 11 is 0. The number of nitrogens with one attached hydrogen (secondary N) is 3. The lowest BCUT2D eigenvalue weighted by atomic mass is 10.1. The number of ether oxygens (including phenoxy) is 1. The Balaban J connectivity index is 1.82. The molecule has 0 radical (unpaired) electrons. The highest BCUT2D eigenvalue weighted by Crippen LogP contribution is 2.12. The van der Waals surface area contributed by atoms with Crippen LogP contribution in [0.3, 0.4) is 0 Å². The minimum atomic E-state index is -3.11. The van der Waals surface area contributed by atoms with E-state index in [-0.39, 0.29) is 29.1 Å². The Morgan fingerprint density at radius 1 is 1.14 bits per heavy atom. The van der Waals surface area contributed by atoms with Crippen LogP contribution in [0, 0.1) is 0 Å². The van der Waals surface area contributed by atoms with Gasteiger partial charge in [-0.25, -0.2) is 18.0 Å². The molecule has 3 N–H and O–H groups in total. The number of hydrogen-bond acceptors (Lipinski definition) is 6. The van der Waals surface area contributed by atoms with E-state index in [1.807, 2.05) is 13.8 Å². The molecule has 0 aliphatic carbocycles. The van der Waals surface area contributed by atoms with Gasteiger partial charge in [0.1, 0.15) is 0 Å². The molecule has 0 unspecified atom stereocenters. The molecular formula is C19H27N3O6S. The van der Waals surface area contributed by atoms with Crippen molar-refractivity contribution in [1.29, 1.82) is 0 Å². The van der Waals surface area contributed by atoms with Gasteiger partial charge >= 0.3 is 12.0 Å². The van der Waals surface area contributed by atoms with E-state index >= 15 is 0 Å². The summed E-state index contributed by atoms with van der Waals surface area (Å²) in [4.78, 5) is 35.9. The van der Waals surface area contributed by atoms with E-state index in [2.05, 4.69) is 16.0 Å². The summed E-state index contributed by atoms with van der Waals surface area (Å²) in [5.74, 6) is -1.24. The molecule has 1 aliphatic heterocycles. The number of carbonyl (C=O) groups excluding carboxylic acids is 3. The van der Waals surface area contributed by atoms with Gasteiger partial charge in [0, 0.05) is 18.6 Å². The highest BCUT2D eigenvalue weighted by Gasteiger charge is 2.30. The van der Waals surface area contributed by atoms with Crippen LogP contribution in [0.25, 0.3) is 0 Å². The molecular weight excluding hydrogens is 398 g/mol. The normalized spacial score (nSPS) is 18.7. The second-order valence-corrected chi connectivity index (χ2v) is 9.56. The average Bonchev–Trinajstić information content (AvgIpc) is 2.98. The topological polar surface area (TPSA) is 131 Å². The third-order valence-corrected chi connectivity index (χ3v) is 6.06. The van der Waals surface area contributed by atoms with Gasteiger partial charge in [-0.15, -0.1) is 0 Å². The van der Waals surface area contributed by atoms with Gasteiger partial charge < -0.3 is 20.7 Å². The van der Waals surface area contributed by atoms with Crippen LogP contribution in [0.2, 0.25) is 0 Å². The zero-order chi connectivity index (χ0) is 21.6. The number of hydrogen-bond donors (Lipinski definition) is 3. The van der Waals surface area contributed by atoms with Crippen LogP contribution in [0.15, 0.2) is 24.3 Å². The minimum absolute atomic E-state index is 0.0319. The molecule has 1 heterocycles. The van der Waals surface area contributed by atoms with E-state index in [9.17, 15) is 22.8 Å². The summed E-state index contributed by atoms with van der Waals surface area (Å²) in [6.45, 7) is 5.45. The summed E-state index contributed by atoms with van der Waals surface area (Å²) in [6, 6.07) is 5.76. The minimum Gasteiger partial charge on any atom is -0.449 e. The monoisotopic (exact) mass is 425 g/mol. The fourth-order valence-electron chi connectivity index (χ4n) is 2.76. The molecule has 10 heteroatoms. The van der Waals surface area contributed by atoms with Crippen molar-refractivity contribution in [3.63, 3.8) is 0 Å². The van der Waals surface area contributed by atoms with Gasteiger partial charge in [0.25, 0.3) is 5.91 Å². The van der Waals surface area contributed by atoms with E-state index in [1.165, 1.54) is 6.92 Å². The fraction of sp³-hybridized carbons (Fsp3) is 0.526. The first-order chi connectivity index (χ1) is 13.6. The summed E-state index contributed by atoms with van der Waals surface area (Å²) in [7, 11) is -3.11. The lowest BCUT2D eigenvalue weighted by Gasteiger charge is -2.16. The van der Waals surface area contributed by atoms with Gasteiger partial charge in [0.05, 0.1) is 17.1 Å². The fourth-order valence-corrected chi connectivity index (χ4v) is 4.44. The standard InChI is InChI=1S/C19H27N3O6S/c1-12(2)21-19(25)20-10-14-4-6-15(7-5-14)18(24)28-13(3)17(23)22-16-8-9-29(26,27)11-16/h4-7,12-13,16H,8-11H2,1-3H3,(H,22,23)(H2,20,21,25)/t13-,16-/m1/s1. The van der Waals surface area contributed by atoms with Crippen LogP contribution < -0.4 is 16.0 Å². The van der Waals surface area contributed by atoms with Gasteiger partial charge in [-0.3, -0.25) is 4.79 Å². The maximum Gasteiger partial charge on any atom is 0.338 e. The molecule has 9 nitrogen and oxygen atoms in total. The summed E-state index contributed by atoms with van der Waals surface area (Å²) < 4.78 is 28.1. The van der Waals surface area contributed by atoms with Crippen molar-refractivity contribution >= 4 is 27.7 Å². The Morgan fingerprint density at radius 2 is 1.79 bits per heavy atom. The number of rotatable bonds is 7. The van der Waals surface area contributed by atoms with Crippen LogP contribution in [-0.4, -0.2) is 56.0 Å². The van der Waals surface area contributed by atoms with Crippen molar-refractivity contribution in [1.82, 2.24) is 16.0 Å². The molecule has 1 aromatic rings. The van der Waals surface area contributed by atoms with Gasteiger partial charge in [0.15, 0.2) is 15.9 Å². The maximum atomic E-state index is 12.2. The van der Waals surface area contributed by atoms with E-state index in [0.717, 1.165) is 5.56 Å². The van der Waals surface area contributed by atoms with Gasteiger partial charge in [0.2, 0.25) is 0 Å². The second-order valence-electron chi connectivity index (χ2n) is 7.33. The van der Waals surface area contributed by atoms with Crippen molar-refractivity contribution in [2.45, 2.75) is 51.9 Å². The molecule has 0 saturated carbocycles. The summed E-state index contributed by atoms with van der Waals surface area (Å²) in [5.41, 5.74) is 1.07. The molecule has 29 heavy (non-hydrogen) atoms. The Kier molecular flexibility index (Phi) is 7.60. The van der Waals surface area contributed by atoms with Crippen LogP contribution >= 0.6 is 0 Å². The van der Waals surface area contributed by atoms with E-state index in [4.69, 9.17) is 4.74 Å². The first kappa shape index (κ1) is 22.7. The van der Waals surface area contributed by atoms with Crippen LogP contribution in [0.5, 0.6) is 0 Å². The number of urea groups is 1. The molecule has 1 aliphatic rings. The van der Waals surface area contributed by atoms with Crippen molar-refractivity contribution in [2.24, 2.45) is 0 Å². The summed E-state index contributed by atoms with van der Waals surface area (Å²) in [6.07, 6.45) is -0.689. The Labute approximate surface area is 170 Å². The largest absolute Gasteiger partial charge is 0.449 e. The van der Waals surface area contributed by atoms with Crippen molar-refractivity contribution in [2.75, 3.05) is 11.5 Å². The molecule has 0 spiro atoms. The molecule has 0 aromatic heterocycles. The Bertz CT molecular complexity index is 851. The zero-order valence-corrected chi connectivity index (χ0v) is 17.5. The predicted octanol–water partition coefficient (Wildman–Crippen LogP) is 0.743. The predicted molar refractivity (Wildman–Crippen MR) is 107 cm³/mol. The molecule has 2 rings (SSSR count). The zero-order valence-electron chi connectivity index (χ0n) is 16.7. The first-order valence-electron chi connectivity index (χ1n) is 9.41. The average molecular weight is 426 g/mol. The number of amides is 3. The molecule has 1 aromatic carbocycles. The maximum absolute atomic E-state index is 12.2. The highest BCUT2D eigenvalue weighted by atomic mass is 32.2. The smallest absolute Gasteiger partial charge is 0.338 e.